The highest BCUT2D eigenvalue weighted by atomic mass is 32.2. The van der Waals surface area contributed by atoms with Crippen LogP contribution in [0.1, 0.15) is 27.0 Å². The number of aliphatic hydroxyl groups is 1. The van der Waals surface area contributed by atoms with Gasteiger partial charge in [0.25, 0.3) is 5.91 Å². The molecule has 5 rings (SSSR count). The third-order valence-corrected chi connectivity index (χ3v) is 7.81. The molecule has 0 saturated carbocycles. The molecule has 0 radical (unpaired) electrons. The molecular formula is C30H32N4O3S. The Labute approximate surface area is 226 Å². The van der Waals surface area contributed by atoms with Crippen LogP contribution in [0.25, 0.3) is 5.57 Å². The minimum atomic E-state index is -1.48. The number of aliphatic hydroxyl groups excluding tert-OH is 1. The molecule has 1 unspecified atom stereocenters. The maximum absolute atomic E-state index is 12.6. The minimum absolute atomic E-state index is 0.285. The first kappa shape index (κ1) is 25.8. The predicted octanol–water partition coefficient (Wildman–Crippen LogP) is 3.99. The highest BCUT2D eigenvalue weighted by Crippen LogP contribution is 2.25. The van der Waals surface area contributed by atoms with Crippen LogP contribution in [0.3, 0.4) is 0 Å². The molecule has 0 aliphatic carbocycles. The molecule has 1 fully saturated rings. The van der Waals surface area contributed by atoms with Crippen LogP contribution in [0.5, 0.6) is 0 Å². The van der Waals surface area contributed by atoms with E-state index >= 15 is 0 Å². The van der Waals surface area contributed by atoms with Gasteiger partial charge in [-0.05, 0) is 47.0 Å². The van der Waals surface area contributed by atoms with Crippen molar-refractivity contribution >= 4 is 28.2 Å². The quantitative estimate of drug-likeness (QED) is 0.410. The van der Waals surface area contributed by atoms with Crippen molar-refractivity contribution in [3.05, 3.63) is 119 Å². The molecular weight excluding hydrogens is 496 g/mol. The summed E-state index contributed by atoms with van der Waals surface area (Å²) in [6, 6.07) is 25.3. The molecule has 0 aromatic heterocycles. The first-order valence-corrected chi connectivity index (χ1v) is 14.1. The summed E-state index contributed by atoms with van der Waals surface area (Å²) >= 11 is 0. The number of amides is 1. The van der Waals surface area contributed by atoms with Crippen LogP contribution < -0.4 is 14.9 Å². The summed E-state index contributed by atoms with van der Waals surface area (Å²) in [7, 11) is -1.48. The number of anilines is 1. The first-order valence-electron chi connectivity index (χ1n) is 12.8. The maximum atomic E-state index is 12.6. The number of rotatable bonds is 8. The number of allylic oxidation sites excluding steroid dienone is 2. The Morgan fingerprint density at radius 2 is 1.63 bits per heavy atom. The normalized spacial score (nSPS) is 16.7. The van der Waals surface area contributed by atoms with Gasteiger partial charge in [-0.25, -0.2) is 4.21 Å². The van der Waals surface area contributed by atoms with Crippen molar-refractivity contribution in [3.8, 4) is 0 Å². The van der Waals surface area contributed by atoms with Gasteiger partial charge in [-0.15, -0.1) is 0 Å². The van der Waals surface area contributed by atoms with E-state index in [2.05, 4.69) is 38.0 Å². The number of carbonyl (C=O) groups is 1. The number of nitrogens with one attached hydrogen (secondary N) is 2. The third-order valence-electron chi connectivity index (χ3n) is 6.80. The fourth-order valence-corrected chi connectivity index (χ4v) is 5.68. The van der Waals surface area contributed by atoms with E-state index in [9.17, 15) is 14.1 Å². The zero-order valence-electron chi connectivity index (χ0n) is 21.2. The molecule has 2 aliphatic heterocycles. The second kappa shape index (κ2) is 12.1. The number of benzene rings is 3. The lowest BCUT2D eigenvalue weighted by molar-refractivity contribution is 0.0983. The van der Waals surface area contributed by atoms with Crippen molar-refractivity contribution in [1.29, 1.82) is 0 Å². The monoisotopic (exact) mass is 528 g/mol. The second-order valence-electron chi connectivity index (χ2n) is 9.49. The summed E-state index contributed by atoms with van der Waals surface area (Å²) in [4.78, 5) is 17.3. The van der Waals surface area contributed by atoms with E-state index in [1.165, 1.54) is 5.56 Å². The summed E-state index contributed by atoms with van der Waals surface area (Å²) in [5.74, 6) is 0.295. The fourth-order valence-electron chi connectivity index (χ4n) is 4.79. The fraction of sp³-hybridized carbons (Fsp3) is 0.233. The molecule has 8 heteroatoms. The van der Waals surface area contributed by atoms with Gasteiger partial charge in [-0.2, -0.15) is 0 Å². The molecule has 7 nitrogen and oxygen atoms in total. The smallest absolute Gasteiger partial charge is 0.262 e. The Balaban J connectivity index is 1.14. The maximum Gasteiger partial charge on any atom is 0.262 e. The molecule has 38 heavy (non-hydrogen) atoms. The van der Waals surface area contributed by atoms with Gasteiger partial charge in [0.2, 0.25) is 0 Å². The molecule has 1 atom stereocenters. The van der Waals surface area contributed by atoms with E-state index in [0.29, 0.717) is 17.9 Å². The Hall–Kier alpha value is -3.88. The summed E-state index contributed by atoms with van der Waals surface area (Å²) in [5, 5.41) is 13.1. The Morgan fingerprint density at radius 1 is 0.921 bits per heavy atom. The SMILES string of the molecule is O=C(NS(=O)Cc1ccccc1)c1ccc(N2CCN(Cc3ccccc3C3=CNCC(O)=C3)CC2)cc1. The summed E-state index contributed by atoms with van der Waals surface area (Å²) in [6.45, 7) is 4.93. The average Bonchev–Trinajstić information content (AvgIpc) is 2.94. The number of carbonyl (C=O) groups excluding carboxylic acids is 1. The minimum Gasteiger partial charge on any atom is -0.510 e. The van der Waals surface area contributed by atoms with E-state index in [4.69, 9.17) is 0 Å². The molecule has 2 aliphatic rings. The summed E-state index contributed by atoms with van der Waals surface area (Å²) < 4.78 is 14.9. The van der Waals surface area contributed by atoms with Gasteiger partial charge in [0.1, 0.15) is 16.7 Å². The van der Waals surface area contributed by atoms with Gasteiger partial charge >= 0.3 is 0 Å². The van der Waals surface area contributed by atoms with E-state index in [1.807, 2.05) is 60.8 Å². The zero-order valence-corrected chi connectivity index (χ0v) is 22.0. The van der Waals surface area contributed by atoms with E-state index in [0.717, 1.165) is 55.1 Å². The molecule has 196 valence electrons. The Morgan fingerprint density at radius 3 is 2.37 bits per heavy atom. The van der Waals surface area contributed by atoms with Gasteiger partial charge in [-0.3, -0.25) is 14.4 Å². The van der Waals surface area contributed by atoms with Gasteiger partial charge in [0.15, 0.2) is 0 Å². The Kier molecular flexibility index (Phi) is 8.21. The lowest BCUT2D eigenvalue weighted by atomic mass is 9.98. The van der Waals surface area contributed by atoms with Crippen LogP contribution in [0.15, 0.2) is 96.9 Å². The van der Waals surface area contributed by atoms with Gasteiger partial charge < -0.3 is 15.3 Å². The largest absolute Gasteiger partial charge is 0.510 e. The molecule has 1 amide bonds. The standard InChI is InChI=1S/C30H32N4O3S/c35-28-18-26(19-31-20-28)29-9-5-4-8-25(29)21-33-14-16-34(17-15-33)27-12-10-24(11-13-27)30(36)32-38(37)22-23-6-2-1-3-7-23/h1-13,18-19,31,35H,14-17,20-22H2,(H,32,36). The highest BCUT2D eigenvalue weighted by molar-refractivity contribution is 7.82. The van der Waals surface area contributed by atoms with Gasteiger partial charge in [0.05, 0.1) is 12.3 Å². The average molecular weight is 529 g/mol. The number of dihydropyridines is 1. The van der Waals surface area contributed by atoms with Gasteiger partial charge in [0, 0.05) is 55.7 Å². The molecule has 0 spiro atoms. The number of hydrogen-bond acceptors (Lipinski definition) is 6. The van der Waals surface area contributed by atoms with Crippen LogP contribution in [0.4, 0.5) is 5.69 Å². The summed E-state index contributed by atoms with van der Waals surface area (Å²) in [6.07, 6.45) is 3.79. The van der Waals surface area contributed by atoms with Crippen molar-refractivity contribution in [2.45, 2.75) is 12.3 Å². The van der Waals surface area contributed by atoms with E-state index < -0.39 is 11.0 Å². The lowest BCUT2D eigenvalue weighted by Gasteiger charge is -2.36. The number of nitrogens with zero attached hydrogens (tertiary/aromatic N) is 2. The highest BCUT2D eigenvalue weighted by Gasteiger charge is 2.20. The number of piperazine rings is 1. The van der Waals surface area contributed by atoms with Crippen molar-refractivity contribution < 1.29 is 14.1 Å². The summed E-state index contributed by atoms with van der Waals surface area (Å²) in [5.41, 5.74) is 5.86. The van der Waals surface area contributed by atoms with Crippen molar-refractivity contribution in [1.82, 2.24) is 14.9 Å². The van der Waals surface area contributed by atoms with Crippen LogP contribution in [-0.4, -0.2) is 52.8 Å². The Bertz CT molecular complexity index is 1350. The third kappa shape index (κ3) is 6.51. The topological polar surface area (TPSA) is 84.9 Å². The van der Waals surface area contributed by atoms with Crippen LogP contribution in [0, 0.1) is 0 Å². The molecule has 3 aromatic carbocycles. The van der Waals surface area contributed by atoms with Crippen LogP contribution in [-0.2, 0) is 23.3 Å². The zero-order chi connectivity index (χ0) is 26.3. The molecule has 0 bridgehead atoms. The van der Waals surface area contributed by atoms with E-state index in [1.54, 1.807) is 12.1 Å². The number of hydrogen-bond donors (Lipinski definition) is 3. The van der Waals surface area contributed by atoms with Gasteiger partial charge in [-0.1, -0.05) is 54.6 Å². The van der Waals surface area contributed by atoms with Crippen molar-refractivity contribution in [2.24, 2.45) is 0 Å². The molecule has 2 heterocycles. The van der Waals surface area contributed by atoms with E-state index in [-0.39, 0.29) is 11.7 Å². The van der Waals surface area contributed by atoms with Crippen molar-refractivity contribution in [3.63, 3.8) is 0 Å². The van der Waals surface area contributed by atoms with Crippen LogP contribution in [0.2, 0.25) is 0 Å². The molecule has 3 N–H and O–H groups in total. The lowest BCUT2D eigenvalue weighted by Crippen LogP contribution is -2.46. The van der Waals surface area contributed by atoms with Crippen molar-refractivity contribution in [2.75, 3.05) is 37.6 Å². The van der Waals surface area contributed by atoms with Crippen LogP contribution >= 0.6 is 0 Å². The molecule has 1 saturated heterocycles. The first-order chi connectivity index (χ1) is 18.5. The molecule has 3 aromatic rings. The predicted molar refractivity (Wildman–Crippen MR) is 153 cm³/mol. The second-order valence-corrected chi connectivity index (χ2v) is 10.7.